The molecule has 0 bridgehead atoms. The van der Waals surface area contributed by atoms with Crippen LogP contribution < -0.4 is 4.72 Å². The summed E-state index contributed by atoms with van der Waals surface area (Å²) in [6.07, 6.45) is 1.48. The lowest BCUT2D eigenvalue weighted by Crippen LogP contribution is -2.28. The predicted molar refractivity (Wildman–Crippen MR) is 71.9 cm³/mol. The number of aliphatic hydroxyl groups excluding tert-OH is 1. The molecule has 0 aliphatic heterocycles. The van der Waals surface area contributed by atoms with Crippen LogP contribution in [0.3, 0.4) is 0 Å². The molecule has 0 radical (unpaired) electrons. The van der Waals surface area contributed by atoms with E-state index in [0.29, 0.717) is 18.9 Å². The van der Waals surface area contributed by atoms with Gasteiger partial charge >= 0.3 is 0 Å². The van der Waals surface area contributed by atoms with E-state index in [1.54, 1.807) is 24.3 Å². The van der Waals surface area contributed by atoms with Crippen LogP contribution in [-0.2, 0) is 16.4 Å². The van der Waals surface area contributed by atoms with Crippen molar-refractivity contribution in [2.24, 2.45) is 5.92 Å². The summed E-state index contributed by atoms with van der Waals surface area (Å²) in [6, 6.07) is 6.61. The molecule has 1 aromatic rings. The van der Waals surface area contributed by atoms with Crippen molar-refractivity contribution in [1.82, 2.24) is 4.72 Å². The van der Waals surface area contributed by atoms with Crippen LogP contribution in [0.2, 0.25) is 0 Å². The number of sulfonamides is 1. The number of hydrogen-bond donors (Lipinski definition) is 2. The number of aliphatic hydroxyl groups is 1. The molecule has 0 saturated carbocycles. The van der Waals surface area contributed by atoms with Gasteiger partial charge < -0.3 is 5.11 Å². The second-order valence-corrected chi connectivity index (χ2v) is 6.25. The van der Waals surface area contributed by atoms with E-state index >= 15 is 0 Å². The molecule has 0 spiro atoms. The van der Waals surface area contributed by atoms with Gasteiger partial charge in [0, 0.05) is 13.2 Å². The summed E-state index contributed by atoms with van der Waals surface area (Å²) in [5, 5.41) is 8.79. The monoisotopic (exact) mass is 271 g/mol. The zero-order valence-corrected chi connectivity index (χ0v) is 11.7. The zero-order valence-electron chi connectivity index (χ0n) is 10.9. The first kappa shape index (κ1) is 15.1. The maximum atomic E-state index is 12.0. The van der Waals surface area contributed by atoms with Gasteiger partial charge in [0.2, 0.25) is 10.0 Å². The largest absolute Gasteiger partial charge is 0.396 e. The Kier molecular flexibility index (Phi) is 5.78. The molecular weight excluding hydrogens is 250 g/mol. The molecule has 18 heavy (non-hydrogen) atoms. The van der Waals surface area contributed by atoms with Crippen molar-refractivity contribution < 1.29 is 13.5 Å². The first-order valence-electron chi connectivity index (χ1n) is 6.19. The van der Waals surface area contributed by atoms with Crippen LogP contribution in [0.1, 0.15) is 25.8 Å². The van der Waals surface area contributed by atoms with Crippen molar-refractivity contribution in [1.29, 1.82) is 0 Å². The molecule has 0 saturated heterocycles. The fourth-order valence-electron chi connectivity index (χ4n) is 1.44. The molecule has 1 unspecified atom stereocenters. The van der Waals surface area contributed by atoms with E-state index in [9.17, 15) is 8.42 Å². The van der Waals surface area contributed by atoms with Gasteiger partial charge in [-0.2, -0.15) is 0 Å². The van der Waals surface area contributed by atoms with Gasteiger partial charge in [0.25, 0.3) is 0 Å². The Morgan fingerprint density at radius 3 is 2.39 bits per heavy atom. The van der Waals surface area contributed by atoms with Gasteiger partial charge in [0.05, 0.1) is 4.90 Å². The lowest BCUT2D eigenvalue weighted by Gasteiger charge is -2.11. The summed E-state index contributed by atoms with van der Waals surface area (Å²) in [4.78, 5) is 0.271. The molecule has 102 valence electrons. The highest BCUT2D eigenvalue weighted by Crippen LogP contribution is 2.11. The van der Waals surface area contributed by atoms with Crippen molar-refractivity contribution in [2.45, 2.75) is 31.6 Å². The quantitative estimate of drug-likeness (QED) is 0.790. The van der Waals surface area contributed by atoms with Gasteiger partial charge in [-0.25, -0.2) is 13.1 Å². The summed E-state index contributed by atoms with van der Waals surface area (Å²) in [5.74, 6) is 0.327. The number of rotatable bonds is 7. The fraction of sp³-hybridized carbons (Fsp3) is 0.538. The SMILES string of the molecule is CCC(C)CNS(=O)(=O)c1ccc(CCO)cc1. The zero-order chi connectivity index (χ0) is 13.6. The third-order valence-corrected chi connectivity index (χ3v) is 4.39. The van der Waals surface area contributed by atoms with Crippen LogP contribution in [-0.4, -0.2) is 26.7 Å². The minimum Gasteiger partial charge on any atom is -0.396 e. The van der Waals surface area contributed by atoms with Gasteiger partial charge in [-0.1, -0.05) is 32.4 Å². The van der Waals surface area contributed by atoms with E-state index in [1.165, 1.54) is 0 Å². The number of hydrogen-bond acceptors (Lipinski definition) is 3. The summed E-state index contributed by atoms with van der Waals surface area (Å²) in [6.45, 7) is 4.56. The number of nitrogens with one attached hydrogen (secondary N) is 1. The van der Waals surface area contributed by atoms with E-state index in [1.807, 2.05) is 13.8 Å². The van der Waals surface area contributed by atoms with Gasteiger partial charge in [-0.15, -0.1) is 0 Å². The lowest BCUT2D eigenvalue weighted by atomic mass is 10.1. The minimum atomic E-state index is -3.41. The molecule has 2 N–H and O–H groups in total. The van der Waals surface area contributed by atoms with Crippen molar-refractivity contribution in [3.8, 4) is 0 Å². The third kappa shape index (κ3) is 4.40. The maximum Gasteiger partial charge on any atom is 0.240 e. The van der Waals surface area contributed by atoms with E-state index in [-0.39, 0.29) is 11.5 Å². The summed E-state index contributed by atoms with van der Waals surface area (Å²) in [7, 11) is -3.41. The van der Waals surface area contributed by atoms with Gasteiger partial charge in [0.1, 0.15) is 0 Å². The molecule has 0 aliphatic carbocycles. The van der Waals surface area contributed by atoms with Crippen LogP contribution in [0.5, 0.6) is 0 Å². The minimum absolute atomic E-state index is 0.0678. The number of benzene rings is 1. The van der Waals surface area contributed by atoms with Gasteiger partial charge in [0.15, 0.2) is 0 Å². The summed E-state index contributed by atoms with van der Waals surface area (Å²) >= 11 is 0. The molecule has 5 heteroatoms. The first-order chi connectivity index (χ1) is 8.49. The molecular formula is C13H21NO3S. The summed E-state index contributed by atoms with van der Waals surface area (Å²) < 4.78 is 26.5. The van der Waals surface area contributed by atoms with Gasteiger partial charge in [-0.05, 0) is 30.0 Å². The molecule has 0 amide bonds. The highest BCUT2D eigenvalue weighted by atomic mass is 32.2. The Morgan fingerprint density at radius 1 is 1.28 bits per heavy atom. The average molecular weight is 271 g/mol. The Morgan fingerprint density at radius 2 is 1.89 bits per heavy atom. The van der Waals surface area contributed by atoms with Crippen LogP contribution in [0.25, 0.3) is 0 Å². The Hall–Kier alpha value is -0.910. The average Bonchev–Trinajstić information content (AvgIpc) is 2.37. The van der Waals surface area contributed by atoms with Crippen molar-refractivity contribution in [3.05, 3.63) is 29.8 Å². The van der Waals surface area contributed by atoms with Crippen LogP contribution in [0.4, 0.5) is 0 Å². The molecule has 1 aromatic carbocycles. The van der Waals surface area contributed by atoms with Crippen molar-refractivity contribution in [2.75, 3.05) is 13.2 Å². The maximum absolute atomic E-state index is 12.0. The fourth-order valence-corrected chi connectivity index (χ4v) is 2.61. The molecule has 0 aromatic heterocycles. The predicted octanol–water partition coefficient (Wildman–Crippen LogP) is 1.55. The van der Waals surface area contributed by atoms with Crippen LogP contribution >= 0.6 is 0 Å². The molecule has 4 nitrogen and oxygen atoms in total. The third-order valence-electron chi connectivity index (χ3n) is 2.95. The Balaban J connectivity index is 2.72. The van der Waals surface area contributed by atoms with Crippen molar-refractivity contribution >= 4 is 10.0 Å². The first-order valence-corrected chi connectivity index (χ1v) is 7.67. The normalized spacial score (nSPS) is 13.5. The Labute approximate surface area is 109 Å². The van der Waals surface area contributed by atoms with Crippen molar-refractivity contribution in [3.63, 3.8) is 0 Å². The lowest BCUT2D eigenvalue weighted by molar-refractivity contribution is 0.299. The topological polar surface area (TPSA) is 66.4 Å². The molecule has 0 fully saturated rings. The molecule has 0 heterocycles. The summed E-state index contributed by atoms with van der Waals surface area (Å²) in [5.41, 5.74) is 0.929. The second-order valence-electron chi connectivity index (χ2n) is 4.48. The Bertz CT molecular complexity index is 454. The molecule has 1 atom stereocenters. The van der Waals surface area contributed by atoms with E-state index in [2.05, 4.69) is 4.72 Å². The van der Waals surface area contributed by atoms with Crippen LogP contribution in [0.15, 0.2) is 29.2 Å². The standard InChI is InChI=1S/C13H21NO3S/c1-3-11(2)10-14-18(16,17)13-6-4-12(5-7-13)8-9-15/h4-7,11,14-15H,3,8-10H2,1-2H3. The van der Waals surface area contributed by atoms with E-state index in [4.69, 9.17) is 5.11 Å². The van der Waals surface area contributed by atoms with E-state index in [0.717, 1.165) is 12.0 Å². The smallest absolute Gasteiger partial charge is 0.240 e. The molecule has 0 aliphatic rings. The van der Waals surface area contributed by atoms with Crippen LogP contribution in [0, 0.1) is 5.92 Å². The highest BCUT2D eigenvalue weighted by molar-refractivity contribution is 7.89. The second kappa shape index (κ2) is 6.87. The highest BCUT2D eigenvalue weighted by Gasteiger charge is 2.14. The van der Waals surface area contributed by atoms with E-state index < -0.39 is 10.0 Å². The molecule has 1 rings (SSSR count). The van der Waals surface area contributed by atoms with Gasteiger partial charge in [-0.3, -0.25) is 0 Å².